The van der Waals surface area contributed by atoms with Gasteiger partial charge in [0.25, 0.3) is 0 Å². The average Bonchev–Trinajstić information content (AvgIpc) is 2.93. The number of aryl methyl sites for hydroxylation is 1. The lowest BCUT2D eigenvalue weighted by molar-refractivity contribution is 0.718. The molecule has 0 fully saturated rings. The molecule has 5 heteroatoms. The van der Waals surface area contributed by atoms with Gasteiger partial charge in [0, 0.05) is 35.9 Å². The van der Waals surface area contributed by atoms with Gasteiger partial charge in [0.2, 0.25) is 5.95 Å². The molecule has 1 unspecified atom stereocenters. The third-order valence-corrected chi connectivity index (χ3v) is 4.33. The van der Waals surface area contributed by atoms with Gasteiger partial charge in [0.05, 0.1) is 6.04 Å². The topological polar surface area (TPSA) is 41.1 Å². The largest absolute Gasteiger partial charge is 0.336 e. The van der Waals surface area contributed by atoms with E-state index in [1.54, 1.807) is 11.3 Å². The molecule has 2 heterocycles. The Morgan fingerprint density at radius 3 is 2.84 bits per heavy atom. The molecule has 0 aliphatic carbocycles. The normalized spacial score (nSPS) is 12.4. The van der Waals surface area contributed by atoms with Crippen molar-refractivity contribution in [1.82, 2.24) is 15.3 Å². The molecule has 4 nitrogen and oxygen atoms in total. The van der Waals surface area contributed by atoms with Crippen molar-refractivity contribution < 1.29 is 0 Å². The predicted molar refractivity (Wildman–Crippen MR) is 80.7 cm³/mol. The zero-order valence-corrected chi connectivity index (χ0v) is 12.7. The molecule has 0 aromatic carbocycles. The minimum absolute atomic E-state index is 0.287. The number of rotatable bonds is 5. The highest BCUT2D eigenvalue weighted by Gasteiger charge is 2.16. The molecule has 1 atom stereocenters. The quantitative estimate of drug-likeness (QED) is 0.911. The van der Waals surface area contributed by atoms with Crippen LogP contribution in [0.3, 0.4) is 0 Å². The fourth-order valence-electron chi connectivity index (χ4n) is 1.91. The molecule has 102 valence electrons. The zero-order chi connectivity index (χ0) is 13.8. The van der Waals surface area contributed by atoms with E-state index in [9.17, 15) is 0 Å². The van der Waals surface area contributed by atoms with Gasteiger partial charge in [-0.3, -0.25) is 0 Å². The summed E-state index contributed by atoms with van der Waals surface area (Å²) in [7, 11) is 3.97. The number of aromatic nitrogens is 2. The van der Waals surface area contributed by atoms with Gasteiger partial charge in [0.1, 0.15) is 0 Å². The van der Waals surface area contributed by atoms with E-state index in [1.165, 1.54) is 4.88 Å². The molecule has 0 saturated carbocycles. The lowest BCUT2D eigenvalue weighted by atomic mass is 10.2. The number of anilines is 1. The van der Waals surface area contributed by atoms with E-state index in [4.69, 9.17) is 0 Å². The summed E-state index contributed by atoms with van der Waals surface area (Å²) in [6.45, 7) is 5.00. The Balaban J connectivity index is 2.19. The maximum absolute atomic E-state index is 4.60. The first-order valence-corrected chi connectivity index (χ1v) is 7.24. The minimum atomic E-state index is 0.287. The number of hydrogen-bond donors (Lipinski definition) is 1. The summed E-state index contributed by atoms with van der Waals surface area (Å²) in [5.74, 6) is 0.776. The van der Waals surface area contributed by atoms with Crippen molar-refractivity contribution in [3.63, 3.8) is 0 Å². The van der Waals surface area contributed by atoms with Crippen molar-refractivity contribution in [1.29, 1.82) is 0 Å². The molecular weight excluding hydrogens is 256 g/mol. The van der Waals surface area contributed by atoms with Gasteiger partial charge in [-0.2, -0.15) is 0 Å². The maximum atomic E-state index is 4.60. The molecule has 0 aliphatic heterocycles. The van der Waals surface area contributed by atoms with Crippen LogP contribution in [-0.2, 0) is 6.54 Å². The number of thiophene rings is 1. The molecule has 2 rings (SSSR count). The molecule has 1 N–H and O–H groups in total. The molecule has 0 bridgehead atoms. The van der Waals surface area contributed by atoms with Crippen molar-refractivity contribution in [3.8, 4) is 0 Å². The molecule has 0 radical (unpaired) electrons. The van der Waals surface area contributed by atoms with E-state index in [1.807, 2.05) is 27.2 Å². The van der Waals surface area contributed by atoms with Crippen LogP contribution in [0.5, 0.6) is 0 Å². The van der Waals surface area contributed by atoms with Crippen molar-refractivity contribution in [2.45, 2.75) is 26.4 Å². The van der Waals surface area contributed by atoms with Gasteiger partial charge in [-0.25, -0.2) is 9.97 Å². The molecule has 0 saturated heterocycles. The number of nitrogens with zero attached hydrogens (tertiary/aromatic N) is 3. The van der Waals surface area contributed by atoms with Gasteiger partial charge < -0.3 is 10.2 Å². The van der Waals surface area contributed by atoms with E-state index in [0.29, 0.717) is 0 Å². The van der Waals surface area contributed by atoms with Crippen LogP contribution in [0.2, 0.25) is 0 Å². The first kappa shape index (κ1) is 14.0. The molecular formula is C14H20N4S. The van der Waals surface area contributed by atoms with E-state index in [-0.39, 0.29) is 6.04 Å². The SMILES string of the molecule is CNCc1cnc(N(C)C(C)c2cccs2)nc1C. The van der Waals surface area contributed by atoms with Crippen LogP contribution in [0.25, 0.3) is 0 Å². The standard InChI is InChI=1S/C14H20N4S/c1-10-12(8-15-3)9-16-14(17-10)18(4)11(2)13-6-5-7-19-13/h5-7,9,11,15H,8H2,1-4H3. The maximum Gasteiger partial charge on any atom is 0.225 e. The fraction of sp³-hybridized carbons (Fsp3) is 0.429. The second-order valence-corrected chi connectivity index (χ2v) is 5.59. The third-order valence-electron chi connectivity index (χ3n) is 3.29. The second kappa shape index (κ2) is 6.12. The first-order valence-electron chi connectivity index (χ1n) is 6.37. The lowest BCUT2D eigenvalue weighted by Gasteiger charge is -2.24. The highest BCUT2D eigenvalue weighted by molar-refractivity contribution is 7.10. The van der Waals surface area contributed by atoms with Crippen molar-refractivity contribution in [3.05, 3.63) is 39.8 Å². The molecule has 19 heavy (non-hydrogen) atoms. The van der Waals surface area contributed by atoms with Crippen LogP contribution in [-0.4, -0.2) is 24.1 Å². The highest BCUT2D eigenvalue weighted by atomic mass is 32.1. The zero-order valence-electron chi connectivity index (χ0n) is 11.8. The minimum Gasteiger partial charge on any atom is -0.336 e. The van der Waals surface area contributed by atoms with Crippen molar-refractivity contribution >= 4 is 17.3 Å². The Hall–Kier alpha value is -1.46. The predicted octanol–water partition coefficient (Wildman–Crippen LogP) is 2.76. The second-order valence-electron chi connectivity index (χ2n) is 4.61. The fourth-order valence-corrected chi connectivity index (χ4v) is 2.73. The first-order chi connectivity index (χ1) is 9.13. The third kappa shape index (κ3) is 3.11. The Labute approximate surface area is 118 Å². The highest BCUT2D eigenvalue weighted by Crippen LogP contribution is 2.26. The van der Waals surface area contributed by atoms with Gasteiger partial charge >= 0.3 is 0 Å². The Bertz CT molecular complexity index is 524. The van der Waals surface area contributed by atoms with Crippen molar-refractivity contribution in [2.24, 2.45) is 0 Å². The monoisotopic (exact) mass is 276 g/mol. The summed E-state index contributed by atoms with van der Waals surface area (Å²) in [6, 6.07) is 4.51. The Kier molecular flexibility index (Phi) is 4.50. The molecule has 0 spiro atoms. The van der Waals surface area contributed by atoms with Crippen LogP contribution >= 0.6 is 11.3 Å². The molecule has 0 aliphatic rings. The average molecular weight is 276 g/mol. The molecule has 0 amide bonds. The Morgan fingerprint density at radius 2 is 2.26 bits per heavy atom. The number of nitrogens with one attached hydrogen (secondary N) is 1. The number of hydrogen-bond acceptors (Lipinski definition) is 5. The van der Waals surface area contributed by atoms with Gasteiger partial charge in [-0.1, -0.05) is 6.07 Å². The van der Waals surface area contributed by atoms with E-state index in [2.05, 4.69) is 44.6 Å². The van der Waals surface area contributed by atoms with E-state index in [0.717, 1.165) is 23.8 Å². The Morgan fingerprint density at radius 1 is 1.47 bits per heavy atom. The smallest absolute Gasteiger partial charge is 0.225 e. The summed E-state index contributed by atoms with van der Waals surface area (Å²) in [4.78, 5) is 12.5. The summed E-state index contributed by atoms with van der Waals surface area (Å²) < 4.78 is 0. The van der Waals surface area contributed by atoms with Gasteiger partial charge in [0.15, 0.2) is 0 Å². The van der Waals surface area contributed by atoms with Crippen molar-refractivity contribution in [2.75, 3.05) is 19.0 Å². The molecule has 2 aromatic rings. The lowest BCUT2D eigenvalue weighted by Crippen LogP contribution is -2.23. The van der Waals surface area contributed by atoms with Crippen LogP contribution in [0, 0.1) is 6.92 Å². The molecule has 2 aromatic heterocycles. The van der Waals surface area contributed by atoms with Crippen LogP contribution in [0.15, 0.2) is 23.7 Å². The van der Waals surface area contributed by atoms with Crippen LogP contribution < -0.4 is 10.2 Å². The van der Waals surface area contributed by atoms with Gasteiger partial charge in [-0.05, 0) is 32.3 Å². The summed E-state index contributed by atoms with van der Waals surface area (Å²) in [5, 5.41) is 5.23. The van der Waals surface area contributed by atoms with E-state index >= 15 is 0 Å². The summed E-state index contributed by atoms with van der Waals surface area (Å²) >= 11 is 1.76. The van der Waals surface area contributed by atoms with Gasteiger partial charge in [-0.15, -0.1) is 11.3 Å². The summed E-state index contributed by atoms with van der Waals surface area (Å²) in [5.41, 5.74) is 2.17. The van der Waals surface area contributed by atoms with E-state index < -0.39 is 0 Å². The van der Waals surface area contributed by atoms with Crippen LogP contribution in [0.4, 0.5) is 5.95 Å². The van der Waals surface area contributed by atoms with Crippen LogP contribution in [0.1, 0.15) is 29.1 Å². The summed E-state index contributed by atoms with van der Waals surface area (Å²) in [6.07, 6.45) is 1.91.